The lowest BCUT2D eigenvalue weighted by Crippen LogP contribution is -2.14. The standard InChI is InChI=1S/C20H20N2O2S/c1-2-16-9-5-11-20-19(16)12-13-22(20)25(23,24)14-6-10-17-7-3-4-8-18(17)15-21/h2-13H,1,14-15,21H2. The zero-order chi connectivity index (χ0) is 17.9. The third-order valence-corrected chi connectivity index (χ3v) is 5.66. The second-order valence-electron chi connectivity index (χ2n) is 5.68. The summed E-state index contributed by atoms with van der Waals surface area (Å²) in [6.45, 7) is 4.19. The maximum absolute atomic E-state index is 12.7. The van der Waals surface area contributed by atoms with Crippen molar-refractivity contribution in [3.63, 3.8) is 0 Å². The van der Waals surface area contributed by atoms with Crippen LogP contribution in [0.3, 0.4) is 0 Å². The van der Waals surface area contributed by atoms with Crippen LogP contribution in [0, 0.1) is 0 Å². The minimum atomic E-state index is -3.49. The molecular weight excluding hydrogens is 332 g/mol. The highest BCUT2D eigenvalue weighted by Gasteiger charge is 2.15. The first-order valence-corrected chi connectivity index (χ1v) is 9.58. The molecule has 0 amide bonds. The van der Waals surface area contributed by atoms with E-state index in [1.165, 1.54) is 3.97 Å². The van der Waals surface area contributed by atoms with Gasteiger partial charge in [-0.25, -0.2) is 12.4 Å². The van der Waals surface area contributed by atoms with E-state index in [0.29, 0.717) is 12.1 Å². The van der Waals surface area contributed by atoms with Gasteiger partial charge in [0.2, 0.25) is 10.0 Å². The van der Waals surface area contributed by atoms with Crippen molar-refractivity contribution >= 4 is 33.1 Å². The van der Waals surface area contributed by atoms with E-state index in [1.54, 1.807) is 36.6 Å². The van der Waals surface area contributed by atoms with Gasteiger partial charge in [-0.15, -0.1) is 0 Å². The number of rotatable bonds is 6. The predicted octanol–water partition coefficient (Wildman–Crippen LogP) is 3.63. The van der Waals surface area contributed by atoms with Crippen LogP contribution in [0.2, 0.25) is 0 Å². The van der Waals surface area contributed by atoms with Crippen molar-refractivity contribution in [1.29, 1.82) is 0 Å². The number of hydrogen-bond acceptors (Lipinski definition) is 3. The van der Waals surface area contributed by atoms with Crippen LogP contribution in [0.5, 0.6) is 0 Å². The van der Waals surface area contributed by atoms with Gasteiger partial charge in [0, 0.05) is 18.1 Å². The lowest BCUT2D eigenvalue weighted by molar-refractivity contribution is 0.592. The van der Waals surface area contributed by atoms with Crippen LogP contribution in [-0.2, 0) is 16.6 Å². The van der Waals surface area contributed by atoms with Gasteiger partial charge in [0.15, 0.2) is 0 Å². The van der Waals surface area contributed by atoms with Crippen molar-refractivity contribution in [2.24, 2.45) is 5.73 Å². The molecule has 5 heteroatoms. The zero-order valence-corrected chi connectivity index (χ0v) is 14.6. The Morgan fingerprint density at radius 1 is 1.04 bits per heavy atom. The van der Waals surface area contributed by atoms with Gasteiger partial charge in [-0.2, -0.15) is 0 Å². The van der Waals surface area contributed by atoms with Gasteiger partial charge in [0.1, 0.15) is 0 Å². The summed E-state index contributed by atoms with van der Waals surface area (Å²) in [5.74, 6) is -0.0893. The largest absolute Gasteiger partial charge is 0.326 e. The molecule has 1 aromatic heterocycles. The maximum atomic E-state index is 12.7. The Labute approximate surface area is 148 Å². The van der Waals surface area contributed by atoms with Gasteiger partial charge >= 0.3 is 0 Å². The number of nitrogens with zero attached hydrogens (tertiary/aromatic N) is 1. The fourth-order valence-electron chi connectivity index (χ4n) is 2.85. The Kier molecular flexibility index (Phi) is 4.88. The van der Waals surface area contributed by atoms with E-state index in [-0.39, 0.29) is 5.75 Å². The SMILES string of the molecule is C=Cc1cccc2c1ccn2S(=O)(=O)CC=Cc1ccccc1CN. The number of nitrogens with two attached hydrogens (primary N) is 1. The van der Waals surface area contributed by atoms with E-state index < -0.39 is 10.0 Å². The average Bonchev–Trinajstić information content (AvgIpc) is 3.07. The Balaban J connectivity index is 1.90. The van der Waals surface area contributed by atoms with Gasteiger partial charge in [0.25, 0.3) is 0 Å². The third-order valence-electron chi connectivity index (χ3n) is 4.13. The molecule has 3 aromatic rings. The van der Waals surface area contributed by atoms with Gasteiger partial charge < -0.3 is 5.73 Å². The first-order chi connectivity index (χ1) is 12.1. The van der Waals surface area contributed by atoms with Crippen molar-refractivity contribution < 1.29 is 8.42 Å². The Morgan fingerprint density at radius 2 is 1.80 bits per heavy atom. The summed E-state index contributed by atoms with van der Waals surface area (Å²) in [6, 6.07) is 15.0. The molecule has 0 aliphatic heterocycles. The van der Waals surface area contributed by atoms with Crippen LogP contribution in [0.15, 0.2) is 67.4 Å². The monoisotopic (exact) mass is 352 g/mol. The molecule has 128 valence electrons. The van der Waals surface area contributed by atoms with Crippen LogP contribution in [0.4, 0.5) is 0 Å². The van der Waals surface area contributed by atoms with Crippen molar-refractivity contribution in [1.82, 2.24) is 3.97 Å². The summed E-state index contributed by atoms with van der Waals surface area (Å²) in [5, 5.41) is 0.874. The predicted molar refractivity (Wildman–Crippen MR) is 105 cm³/mol. The van der Waals surface area contributed by atoms with E-state index in [9.17, 15) is 8.42 Å². The molecule has 0 fully saturated rings. The fraction of sp³-hybridized carbons (Fsp3) is 0.100. The molecule has 0 saturated heterocycles. The van der Waals surface area contributed by atoms with Crippen molar-refractivity contribution in [2.45, 2.75) is 6.54 Å². The fourth-order valence-corrected chi connectivity index (χ4v) is 4.05. The van der Waals surface area contributed by atoms with Crippen LogP contribution in [-0.4, -0.2) is 18.1 Å². The Bertz CT molecular complexity index is 1050. The highest BCUT2D eigenvalue weighted by molar-refractivity contribution is 7.90. The zero-order valence-electron chi connectivity index (χ0n) is 13.8. The molecule has 0 spiro atoms. The molecule has 0 radical (unpaired) electrons. The Hall–Kier alpha value is -2.63. The molecule has 0 saturated carbocycles. The van der Waals surface area contributed by atoms with Gasteiger partial charge in [-0.1, -0.05) is 61.2 Å². The van der Waals surface area contributed by atoms with Gasteiger partial charge in [0.05, 0.1) is 11.3 Å². The minimum absolute atomic E-state index is 0.0893. The van der Waals surface area contributed by atoms with Crippen LogP contribution in [0.1, 0.15) is 16.7 Å². The lowest BCUT2D eigenvalue weighted by atomic mass is 10.1. The number of benzene rings is 2. The molecule has 2 aromatic carbocycles. The van der Waals surface area contributed by atoms with E-state index in [2.05, 4.69) is 6.58 Å². The van der Waals surface area contributed by atoms with Gasteiger partial charge in [-0.05, 0) is 28.8 Å². The second kappa shape index (κ2) is 7.09. The number of hydrogen-bond donors (Lipinski definition) is 1. The maximum Gasteiger partial charge on any atom is 0.242 e. The smallest absolute Gasteiger partial charge is 0.242 e. The molecule has 0 bridgehead atoms. The average molecular weight is 352 g/mol. The van der Waals surface area contributed by atoms with Crippen molar-refractivity contribution in [3.05, 3.63) is 84.1 Å². The third kappa shape index (κ3) is 3.43. The van der Waals surface area contributed by atoms with Crippen LogP contribution >= 0.6 is 0 Å². The van der Waals surface area contributed by atoms with Crippen LogP contribution < -0.4 is 5.73 Å². The van der Waals surface area contributed by atoms with Gasteiger partial charge in [-0.3, -0.25) is 0 Å². The molecule has 0 atom stereocenters. The molecule has 4 nitrogen and oxygen atoms in total. The number of aromatic nitrogens is 1. The summed E-state index contributed by atoms with van der Waals surface area (Å²) in [4.78, 5) is 0. The van der Waals surface area contributed by atoms with Crippen LogP contribution in [0.25, 0.3) is 23.1 Å². The van der Waals surface area contributed by atoms with E-state index >= 15 is 0 Å². The lowest BCUT2D eigenvalue weighted by Gasteiger charge is -2.06. The summed E-state index contributed by atoms with van der Waals surface area (Å²) in [5.41, 5.74) is 9.21. The topological polar surface area (TPSA) is 65.1 Å². The van der Waals surface area contributed by atoms with Crippen molar-refractivity contribution in [2.75, 3.05) is 5.75 Å². The van der Waals surface area contributed by atoms with E-state index in [1.807, 2.05) is 36.4 Å². The van der Waals surface area contributed by atoms with Crippen molar-refractivity contribution in [3.8, 4) is 0 Å². The molecule has 0 aliphatic carbocycles. The molecule has 3 rings (SSSR count). The highest BCUT2D eigenvalue weighted by Crippen LogP contribution is 2.23. The molecule has 0 aliphatic rings. The summed E-state index contributed by atoms with van der Waals surface area (Å²) in [6.07, 6.45) is 6.78. The molecule has 1 heterocycles. The van der Waals surface area contributed by atoms with E-state index in [4.69, 9.17) is 5.73 Å². The second-order valence-corrected chi connectivity index (χ2v) is 7.57. The quantitative estimate of drug-likeness (QED) is 0.737. The summed E-state index contributed by atoms with van der Waals surface area (Å²) >= 11 is 0. The molecule has 25 heavy (non-hydrogen) atoms. The molecular formula is C20H20N2O2S. The molecule has 2 N–H and O–H groups in total. The molecule has 0 unspecified atom stereocenters. The summed E-state index contributed by atoms with van der Waals surface area (Å²) < 4.78 is 26.8. The minimum Gasteiger partial charge on any atom is -0.326 e. The first kappa shape index (κ1) is 17.2. The summed E-state index contributed by atoms with van der Waals surface area (Å²) in [7, 11) is -3.49. The Morgan fingerprint density at radius 3 is 2.56 bits per heavy atom. The number of fused-ring (bicyclic) bond motifs is 1. The van der Waals surface area contributed by atoms with E-state index in [0.717, 1.165) is 22.1 Å². The highest BCUT2D eigenvalue weighted by atomic mass is 32.2. The first-order valence-electron chi connectivity index (χ1n) is 7.97. The normalized spacial score (nSPS) is 12.0.